The summed E-state index contributed by atoms with van der Waals surface area (Å²) >= 11 is 0. The number of rotatable bonds is 3. The van der Waals surface area contributed by atoms with Crippen molar-refractivity contribution >= 4 is 11.5 Å². The summed E-state index contributed by atoms with van der Waals surface area (Å²) in [5, 5.41) is 9.75. The summed E-state index contributed by atoms with van der Waals surface area (Å²) in [6, 6.07) is 5.50. The SMILES string of the molecule is CCOC(=O)C(O)c1ncc2ccccn12. The Balaban J connectivity index is 2.36. The first kappa shape index (κ1) is 10.6. The Kier molecular flexibility index (Phi) is 2.87. The van der Waals surface area contributed by atoms with E-state index in [9.17, 15) is 9.90 Å². The van der Waals surface area contributed by atoms with Crippen molar-refractivity contribution in [2.45, 2.75) is 13.0 Å². The van der Waals surface area contributed by atoms with Crippen LogP contribution >= 0.6 is 0 Å². The molecule has 0 fully saturated rings. The minimum absolute atomic E-state index is 0.235. The Morgan fingerprint density at radius 2 is 2.44 bits per heavy atom. The molecule has 2 heterocycles. The number of ether oxygens (including phenoxy) is 1. The van der Waals surface area contributed by atoms with E-state index in [0.717, 1.165) is 5.52 Å². The number of esters is 1. The zero-order chi connectivity index (χ0) is 11.5. The van der Waals surface area contributed by atoms with E-state index in [1.165, 1.54) is 0 Å². The molecule has 0 aliphatic carbocycles. The molecule has 0 bridgehead atoms. The van der Waals surface area contributed by atoms with E-state index in [-0.39, 0.29) is 12.4 Å². The number of carbonyl (C=O) groups excluding carboxylic acids is 1. The average Bonchev–Trinajstić information content (AvgIpc) is 2.72. The molecule has 1 atom stereocenters. The van der Waals surface area contributed by atoms with E-state index in [1.54, 1.807) is 29.8 Å². The Morgan fingerprint density at radius 3 is 3.19 bits per heavy atom. The molecule has 0 radical (unpaired) electrons. The van der Waals surface area contributed by atoms with Gasteiger partial charge in [-0.1, -0.05) is 6.07 Å². The van der Waals surface area contributed by atoms with Crippen LogP contribution in [0.2, 0.25) is 0 Å². The van der Waals surface area contributed by atoms with Crippen molar-refractivity contribution in [2.24, 2.45) is 0 Å². The largest absolute Gasteiger partial charge is 0.464 e. The van der Waals surface area contributed by atoms with E-state index >= 15 is 0 Å². The Bertz CT molecular complexity index is 507. The van der Waals surface area contributed by atoms with E-state index < -0.39 is 12.1 Å². The monoisotopic (exact) mass is 220 g/mol. The van der Waals surface area contributed by atoms with Gasteiger partial charge in [0.15, 0.2) is 5.82 Å². The highest BCUT2D eigenvalue weighted by Crippen LogP contribution is 2.15. The number of hydrogen-bond acceptors (Lipinski definition) is 4. The minimum Gasteiger partial charge on any atom is -0.464 e. The van der Waals surface area contributed by atoms with Crippen LogP contribution in [0.25, 0.3) is 5.52 Å². The number of pyridine rings is 1. The summed E-state index contributed by atoms with van der Waals surface area (Å²) in [4.78, 5) is 15.4. The van der Waals surface area contributed by atoms with Gasteiger partial charge in [-0.25, -0.2) is 9.78 Å². The van der Waals surface area contributed by atoms with Crippen LogP contribution in [-0.4, -0.2) is 27.1 Å². The first-order valence-corrected chi connectivity index (χ1v) is 5.00. The van der Waals surface area contributed by atoms with Crippen molar-refractivity contribution in [3.63, 3.8) is 0 Å². The highest BCUT2D eigenvalue weighted by atomic mass is 16.5. The molecule has 1 N–H and O–H groups in total. The second-order valence-corrected chi connectivity index (χ2v) is 3.27. The zero-order valence-electron chi connectivity index (χ0n) is 8.83. The number of hydrogen-bond donors (Lipinski definition) is 1. The maximum atomic E-state index is 11.4. The molecule has 2 rings (SSSR count). The fourth-order valence-electron chi connectivity index (χ4n) is 1.49. The van der Waals surface area contributed by atoms with Crippen LogP contribution < -0.4 is 0 Å². The lowest BCUT2D eigenvalue weighted by Crippen LogP contribution is -2.17. The van der Waals surface area contributed by atoms with Crippen molar-refractivity contribution < 1.29 is 14.6 Å². The number of nitrogens with zero attached hydrogens (tertiary/aromatic N) is 2. The molecule has 0 aromatic carbocycles. The van der Waals surface area contributed by atoms with Crippen molar-refractivity contribution in [3.05, 3.63) is 36.4 Å². The lowest BCUT2D eigenvalue weighted by molar-refractivity contribution is -0.153. The normalized spacial score (nSPS) is 12.6. The average molecular weight is 220 g/mol. The van der Waals surface area contributed by atoms with Crippen molar-refractivity contribution in [2.75, 3.05) is 6.61 Å². The number of imidazole rings is 1. The van der Waals surface area contributed by atoms with E-state index in [4.69, 9.17) is 4.74 Å². The molecular formula is C11H12N2O3. The van der Waals surface area contributed by atoms with Gasteiger partial charge in [0.2, 0.25) is 6.10 Å². The number of carbonyl (C=O) groups is 1. The molecule has 0 aliphatic rings. The maximum absolute atomic E-state index is 11.4. The molecule has 0 spiro atoms. The molecule has 0 aliphatic heterocycles. The molecule has 5 nitrogen and oxygen atoms in total. The molecule has 2 aromatic heterocycles. The van der Waals surface area contributed by atoms with Gasteiger partial charge in [0.1, 0.15) is 0 Å². The standard InChI is InChI=1S/C11H12N2O3/c1-2-16-11(15)9(14)10-12-7-8-5-3-4-6-13(8)10/h3-7,9,14H,2H2,1H3. The highest BCUT2D eigenvalue weighted by Gasteiger charge is 2.22. The minimum atomic E-state index is -1.34. The molecule has 0 saturated heterocycles. The van der Waals surface area contributed by atoms with Crippen molar-refractivity contribution in [1.82, 2.24) is 9.38 Å². The fraction of sp³-hybridized carbons (Fsp3) is 0.273. The van der Waals surface area contributed by atoms with Crippen molar-refractivity contribution in [1.29, 1.82) is 0 Å². The third-order valence-electron chi connectivity index (χ3n) is 2.22. The van der Waals surface area contributed by atoms with Gasteiger partial charge in [0, 0.05) is 6.20 Å². The lowest BCUT2D eigenvalue weighted by atomic mass is 10.3. The van der Waals surface area contributed by atoms with Gasteiger partial charge in [-0.15, -0.1) is 0 Å². The molecule has 5 heteroatoms. The van der Waals surface area contributed by atoms with Crippen molar-refractivity contribution in [3.8, 4) is 0 Å². The summed E-state index contributed by atoms with van der Waals surface area (Å²) in [5.74, 6) is -0.409. The predicted octanol–water partition coefficient (Wildman–Crippen LogP) is 0.931. The van der Waals surface area contributed by atoms with E-state index in [2.05, 4.69) is 4.98 Å². The molecule has 84 valence electrons. The Labute approximate surface area is 92.3 Å². The molecule has 0 saturated carbocycles. The lowest BCUT2D eigenvalue weighted by Gasteiger charge is -2.08. The second kappa shape index (κ2) is 4.32. The first-order valence-electron chi connectivity index (χ1n) is 5.00. The number of fused-ring (bicyclic) bond motifs is 1. The second-order valence-electron chi connectivity index (χ2n) is 3.27. The quantitative estimate of drug-likeness (QED) is 0.781. The predicted molar refractivity (Wildman–Crippen MR) is 56.8 cm³/mol. The van der Waals surface area contributed by atoms with Crippen LogP contribution in [0.4, 0.5) is 0 Å². The van der Waals surface area contributed by atoms with Gasteiger partial charge in [0.25, 0.3) is 0 Å². The molecule has 0 amide bonds. The number of aromatic nitrogens is 2. The topological polar surface area (TPSA) is 63.8 Å². The van der Waals surface area contributed by atoms with Crippen LogP contribution in [0.3, 0.4) is 0 Å². The van der Waals surface area contributed by atoms with Crippen LogP contribution in [0, 0.1) is 0 Å². The van der Waals surface area contributed by atoms with Gasteiger partial charge in [-0.3, -0.25) is 0 Å². The van der Waals surface area contributed by atoms with Gasteiger partial charge < -0.3 is 14.2 Å². The molecule has 2 aromatic rings. The number of aliphatic hydroxyl groups is 1. The molecule has 16 heavy (non-hydrogen) atoms. The molecular weight excluding hydrogens is 208 g/mol. The summed E-state index contributed by atoms with van der Waals surface area (Å²) in [6.45, 7) is 1.92. The summed E-state index contributed by atoms with van der Waals surface area (Å²) in [5.41, 5.74) is 0.820. The van der Waals surface area contributed by atoms with Gasteiger partial charge >= 0.3 is 5.97 Å². The summed E-state index contributed by atoms with van der Waals surface area (Å²) < 4.78 is 6.39. The fourth-order valence-corrected chi connectivity index (χ4v) is 1.49. The van der Waals surface area contributed by atoms with Crippen LogP contribution in [0.1, 0.15) is 18.9 Å². The summed E-state index contributed by atoms with van der Waals surface area (Å²) in [6.07, 6.45) is 1.99. The van der Waals surface area contributed by atoms with Crippen LogP contribution in [-0.2, 0) is 9.53 Å². The highest BCUT2D eigenvalue weighted by molar-refractivity contribution is 5.75. The summed E-state index contributed by atoms with van der Waals surface area (Å²) in [7, 11) is 0. The molecule has 1 unspecified atom stereocenters. The van der Waals surface area contributed by atoms with Crippen LogP contribution in [0.15, 0.2) is 30.6 Å². The van der Waals surface area contributed by atoms with E-state index in [1.807, 2.05) is 12.1 Å². The van der Waals surface area contributed by atoms with Crippen LogP contribution in [0.5, 0.6) is 0 Å². The number of aliphatic hydroxyl groups excluding tert-OH is 1. The third kappa shape index (κ3) is 1.77. The third-order valence-corrected chi connectivity index (χ3v) is 2.22. The first-order chi connectivity index (χ1) is 7.74. The van der Waals surface area contributed by atoms with E-state index in [0.29, 0.717) is 0 Å². The maximum Gasteiger partial charge on any atom is 0.342 e. The smallest absolute Gasteiger partial charge is 0.342 e. The zero-order valence-corrected chi connectivity index (χ0v) is 8.83. The Hall–Kier alpha value is -1.88. The van der Waals surface area contributed by atoms with Gasteiger partial charge in [-0.05, 0) is 19.1 Å². The Morgan fingerprint density at radius 1 is 1.62 bits per heavy atom. The van der Waals surface area contributed by atoms with Gasteiger partial charge in [-0.2, -0.15) is 0 Å². The van der Waals surface area contributed by atoms with Gasteiger partial charge in [0.05, 0.1) is 18.3 Å².